The molecule has 0 saturated carbocycles. The number of rotatable bonds is 9. The summed E-state index contributed by atoms with van der Waals surface area (Å²) >= 11 is 0. The van der Waals surface area contributed by atoms with E-state index in [1.807, 2.05) is 19.1 Å². The third kappa shape index (κ3) is 5.62. The van der Waals surface area contributed by atoms with E-state index in [2.05, 4.69) is 10.2 Å². The van der Waals surface area contributed by atoms with Crippen molar-refractivity contribution in [3.05, 3.63) is 60.2 Å². The van der Waals surface area contributed by atoms with E-state index in [4.69, 9.17) is 13.9 Å². The molecule has 0 spiro atoms. The van der Waals surface area contributed by atoms with Crippen LogP contribution in [0.5, 0.6) is 11.5 Å². The molecule has 0 fully saturated rings. The predicted molar refractivity (Wildman–Crippen MR) is 99.5 cm³/mol. The molecular weight excluding hydrogens is 371 g/mol. The number of ether oxygens (including phenoxy) is 2. The van der Waals surface area contributed by atoms with Crippen molar-refractivity contribution in [2.24, 2.45) is 0 Å². The van der Waals surface area contributed by atoms with Gasteiger partial charge in [-0.2, -0.15) is 0 Å². The van der Waals surface area contributed by atoms with Crippen LogP contribution in [0.1, 0.15) is 12.8 Å². The Hall–Kier alpha value is -2.74. The zero-order valence-electron chi connectivity index (χ0n) is 14.8. The average molecular weight is 390 g/mol. The standard InChI is InChI=1S/C19H19FN2O4S/c1-2-24-16-7-9-17(10-8-16)25-11-12-27(23)13-18-21-22-19(26-18)14-3-5-15(20)6-4-14/h3-10H,2,11-13H2,1H3/t27-/m1/s1. The molecule has 0 N–H and O–H groups in total. The molecule has 3 rings (SSSR count). The Morgan fingerprint density at radius 1 is 1.00 bits per heavy atom. The van der Waals surface area contributed by atoms with Crippen molar-refractivity contribution in [3.8, 4) is 23.0 Å². The first-order valence-corrected chi connectivity index (χ1v) is 9.92. The fourth-order valence-corrected chi connectivity index (χ4v) is 3.09. The van der Waals surface area contributed by atoms with Crippen molar-refractivity contribution in [2.75, 3.05) is 19.0 Å². The number of halogens is 1. The molecule has 8 heteroatoms. The lowest BCUT2D eigenvalue weighted by Crippen LogP contribution is -2.10. The molecule has 27 heavy (non-hydrogen) atoms. The van der Waals surface area contributed by atoms with Crippen molar-refractivity contribution >= 4 is 10.8 Å². The molecule has 142 valence electrons. The summed E-state index contributed by atoms with van der Waals surface area (Å²) in [6.07, 6.45) is 0. The molecule has 0 radical (unpaired) electrons. The first kappa shape index (κ1) is 19.0. The van der Waals surface area contributed by atoms with E-state index in [9.17, 15) is 8.60 Å². The number of aromatic nitrogens is 2. The van der Waals surface area contributed by atoms with Crippen LogP contribution in [0.3, 0.4) is 0 Å². The van der Waals surface area contributed by atoms with Gasteiger partial charge in [-0.1, -0.05) is 0 Å². The fourth-order valence-electron chi connectivity index (χ4n) is 2.28. The molecule has 0 saturated heterocycles. The lowest BCUT2D eigenvalue weighted by atomic mass is 10.2. The van der Waals surface area contributed by atoms with Gasteiger partial charge in [-0.3, -0.25) is 4.21 Å². The van der Waals surface area contributed by atoms with Crippen LogP contribution >= 0.6 is 0 Å². The SMILES string of the molecule is CCOc1ccc(OCC[S@@](=O)Cc2nnc(-c3ccc(F)cc3)o2)cc1. The van der Waals surface area contributed by atoms with Crippen molar-refractivity contribution in [3.63, 3.8) is 0 Å². The van der Waals surface area contributed by atoms with Crippen LogP contribution in [0.25, 0.3) is 11.5 Å². The molecule has 1 atom stereocenters. The Kier molecular flexibility index (Phi) is 6.54. The van der Waals surface area contributed by atoms with Crippen LogP contribution < -0.4 is 9.47 Å². The second kappa shape index (κ2) is 9.27. The van der Waals surface area contributed by atoms with Crippen molar-refractivity contribution in [1.82, 2.24) is 10.2 Å². The summed E-state index contributed by atoms with van der Waals surface area (Å²) in [5.74, 6) is 2.14. The molecule has 0 aliphatic heterocycles. The highest BCUT2D eigenvalue weighted by molar-refractivity contribution is 7.84. The van der Waals surface area contributed by atoms with E-state index in [1.165, 1.54) is 12.1 Å². The summed E-state index contributed by atoms with van der Waals surface area (Å²) in [5, 5.41) is 7.79. The zero-order chi connectivity index (χ0) is 19.1. The van der Waals surface area contributed by atoms with Gasteiger partial charge < -0.3 is 13.9 Å². The maximum Gasteiger partial charge on any atom is 0.247 e. The van der Waals surface area contributed by atoms with Gasteiger partial charge in [0.1, 0.15) is 23.1 Å². The first-order chi connectivity index (χ1) is 13.1. The third-order valence-corrected chi connectivity index (χ3v) is 4.75. The van der Waals surface area contributed by atoms with Gasteiger partial charge in [-0.25, -0.2) is 4.39 Å². The Labute approximate surface area is 158 Å². The summed E-state index contributed by atoms with van der Waals surface area (Å²) in [6, 6.07) is 13.0. The molecule has 1 heterocycles. The monoisotopic (exact) mass is 390 g/mol. The Morgan fingerprint density at radius 2 is 1.67 bits per heavy atom. The summed E-state index contributed by atoms with van der Waals surface area (Å²) < 4.78 is 41.6. The highest BCUT2D eigenvalue weighted by Crippen LogP contribution is 2.19. The van der Waals surface area contributed by atoms with Crippen molar-refractivity contribution in [2.45, 2.75) is 12.7 Å². The molecule has 0 aliphatic carbocycles. The molecule has 0 unspecified atom stereocenters. The number of hydrogen-bond acceptors (Lipinski definition) is 6. The molecule has 0 amide bonds. The highest BCUT2D eigenvalue weighted by Gasteiger charge is 2.12. The van der Waals surface area contributed by atoms with E-state index in [1.54, 1.807) is 24.3 Å². The predicted octanol–water partition coefficient (Wildman–Crippen LogP) is 3.60. The first-order valence-electron chi connectivity index (χ1n) is 8.43. The van der Waals surface area contributed by atoms with Crippen LogP contribution in [-0.2, 0) is 16.6 Å². The summed E-state index contributed by atoms with van der Waals surface area (Å²) in [4.78, 5) is 0. The van der Waals surface area contributed by atoms with E-state index < -0.39 is 10.8 Å². The minimum atomic E-state index is -1.20. The summed E-state index contributed by atoms with van der Waals surface area (Å²) in [6.45, 7) is 2.84. The topological polar surface area (TPSA) is 74.5 Å². The van der Waals surface area contributed by atoms with Crippen LogP contribution in [0.4, 0.5) is 4.39 Å². The molecule has 1 aromatic heterocycles. The van der Waals surface area contributed by atoms with Crippen LogP contribution in [0.15, 0.2) is 52.9 Å². The third-order valence-electron chi connectivity index (χ3n) is 3.56. The maximum absolute atomic E-state index is 12.9. The fraction of sp³-hybridized carbons (Fsp3) is 0.263. The molecule has 2 aromatic carbocycles. The Bertz CT molecular complexity index is 881. The smallest absolute Gasteiger partial charge is 0.247 e. The van der Waals surface area contributed by atoms with E-state index in [0.29, 0.717) is 30.3 Å². The Balaban J connectivity index is 1.46. The van der Waals surface area contributed by atoms with E-state index >= 15 is 0 Å². The van der Waals surface area contributed by atoms with Crippen LogP contribution in [0.2, 0.25) is 0 Å². The number of hydrogen-bond donors (Lipinski definition) is 0. The van der Waals surface area contributed by atoms with Crippen LogP contribution in [0, 0.1) is 5.82 Å². The van der Waals surface area contributed by atoms with Gasteiger partial charge in [0, 0.05) is 16.4 Å². The van der Waals surface area contributed by atoms with Gasteiger partial charge in [-0.05, 0) is 55.5 Å². The normalized spacial score (nSPS) is 11.9. The van der Waals surface area contributed by atoms with Crippen molar-refractivity contribution < 1.29 is 22.5 Å². The van der Waals surface area contributed by atoms with Crippen LogP contribution in [-0.4, -0.2) is 33.4 Å². The van der Waals surface area contributed by atoms with E-state index in [-0.39, 0.29) is 23.4 Å². The van der Waals surface area contributed by atoms with Gasteiger partial charge in [0.15, 0.2) is 0 Å². The van der Waals surface area contributed by atoms with Gasteiger partial charge in [-0.15, -0.1) is 10.2 Å². The van der Waals surface area contributed by atoms with Gasteiger partial charge in [0.05, 0.1) is 19.0 Å². The Morgan fingerprint density at radius 3 is 2.33 bits per heavy atom. The quantitative estimate of drug-likeness (QED) is 0.556. The van der Waals surface area contributed by atoms with Crippen molar-refractivity contribution in [1.29, 1.82) is 0 Å². The molecule has 3 aromatic rings. The lowest BCUT2D eigenvalue weighted by molar-refractivity contribution is 0.331. The molecular formula is C19H19FN2O4S. The maximum atomic E-state index is 12.9. The summed E-state index contributed by atoms with van der Waals surface area (Å²) in [7, 11) is -1.20. The van der Waals surface area contributed by atoms with E-state index in [0.717, 1.165) is 5.75 Å². The lowest BCUT2D eigenvalue weighted by Gasteiger charge is -2.07. The number of nitrogens with zero attached hydrogens (tertiary/aromatic N) is 2. The summed E-state index contributed by atoms with van der Waals surface area (Å²) in [5.41, 5.74) is 0.611. The zero-order valence-corrected chi connectivity index (χ0v) is 15.6. The van der Waals surface area contributed by atoms with Gasteiger partial charge in [0.25, 0.3) is 0 Å². The minimum Gasteiger partial charge on any atom is -0.494 e. The second-order valence-corrected chi connectivity index (χ2v) is 7.13. The average Bonchev–Trinajstić information content (AvgIpc) is 3.12. The largest absolute Gasteiger partial charge is 0.494 e. The molecule has 6 nitrogen and oxygen atoms in total. The van der Waals surface area contributed by atoms with Gasteiger partial charge in [0.2, 0.25) is 11.8 Å². The minimum absolute atomic E-state index is 0.140. The molecule has 0 bridgehead atoms. The molecule has 0 aliphatic rings. The number of benzene rings is 2. The highest BCUT2D eigenvalue weighted by atomic mass is 32.2. The van der Waals surface area contributed by atoms with Gasteiger partial charge >= 0.3 is 0 Å². The second-order valence-electron chi connectivity index (χ2n) is 5.55.